The molecule has 1 aliphatic rings. The van der Waals surface area contributed by atoms with E-state index in [0.29, 0.717) is 64.0 Å². The molecule has 0 aliphatic carbocycles. The summed E-state index contributed by atoms with van der Waals surface area (Å²) < 4.78 is 13.6. The molecule has 0 unspecified atom stereocenters. The van der Waals surface area contributed by atoms with Gasteiger partial charge in [0.25, 0.3) is 11.5 Å². The van der Waals surface area contributed by atoms with E-state index in [1.165, 1.54) is 11.3 Å². The van der Waals surface area contributed by atoms with Crippen LogP contribution in [0.2, 0.25) is 15.1 Å². The summed E-state index contributed by atoms with van der Waals surface area (Å²) in [5, 5.41) is 4.44. The van der Waals surface area contributed by atoms with Crippen molar-refractivity contribution >= 4 is 63.8 Å². The Hall–Kier alpha value is -4.34. The topological polar surface area (TPSA) is 81.9 Å². The van der Waals surface area contributed by atoms with E-state index in [1.54, 1.807) is 73.2 Å². The third kappa shape index (κ3) is 6.62. The van der Waals surface area contributed by atoms with Crippen LogP contribution in [0.3, 0.4) is 0 Å². The molecule has 2 heterocycles. The number of rotatable bonds is 8. The number of thiazole rings is 1. The fourth-order valence-electron chi connectivity index (χ4n) is 5.16. The normalized spacial score (nSPS) is 14.5. The number of amides is 1. The summed E-state index contributed by atoms with van der Waals surface area (Å²) in [6, 6.07) is 26.1. The molecule has 0 fully saturated rings. The summed E-state index contributed by atoms with van der Waals surface area (Å²) in [4.78, 5) is 33.2. The Morgan fingerprint density at radius 3 is 2.50 bits per heavy atom. The third-order valence-electron chi connectivity index (χ3n) is 7.36. The van der Waals surface area contributed by atoms with Crippen LogP contribution in [0, 0.1) is 0 Å². The molecule has 7 nitrogen and oxygen atoms in total. The molecule has 6 rings (SSSR count). The molecule has 1 N–H and O–H groups in total. The lowest BCUT2D eigenvalue weighted by molar-refractivity contribution is -0.113. The maximum absolute atomic E-state index is 14.2. The van der Waals surface area contributed by atoms with Crippen molar-refractivity contribution in [2.75, 3.05) is 12.4 Å². The molecule has 0 bridgehead atoms. The highest BCUT2D eigenvalue weighted by molar-refractivity contribution is 7.07. The number of hydrogen-bond acceptors (Lipinski definition) is 6. The number of anilines is 1. The number of benzene rings is 4. The molecule has 0 radical (unpaired) electrons. The highest BCUT2D eigenvalue weighted by atomic mass is 35.5. The second-order valence-corrected chi connectivity index (χ2v) is 12.7. The van der Waals surface area contributed by atoms with Gasteiger partial charge in [0.05, 0.1) is 29.0 Å². The number of ether oxygens (including phenoxy) is 2. The molecule has 11 heteroatoms. The van der Waals surface area contributed by atoms with Gasteiger partial charge in [0, 0.05) is 31.9 Å². The fourth-order valence-corrected chi connectivity index (χ4v) is 6.84. The van der Waals surface area contributed by atoms with Crippen molar-refractivity contribution in [3.8, 4) is 11.5 Å². The lowest BCUT2D eigenvalue weighted by Gasteiger charge is -2.25. The molecule has 0 saturated carbocycles. The monoisotopic (exact) mass is 689 g/mol. The number of allylic oxidation sites excluding steroid dienone is 1. The number of hydrogen-bond donors (Lipinski definition) is 1. The van der Waals surface area contributed by atoms with Gasteiger partial charge >= 0.3 is 0 Å². The third-order valence-corrected chi connectivity index (χ3v) is 9.17. The van der Waals surface area contributed by atoms with Crippen molar-refractivity contribution in [2.24, 2.45) is 4.99 Å². The Morgan fingerprint density at radius 2 is 1.74 bits per heavy atom. The number of halogens is 3. The molecular weight excluding hydrogens is 665 g/mol. The summed E-state index contributed by atoms with van der Waals surface area (Å²) in [6.45, 7) is 1.95. The summed E-state index contributed by atoms with van der Waals surface area (Å²) in [5.74, 6) is 0.740. The molecule has 1 atom stereocenters. The van der Waals surface area contributed by atoms with Crippen LogP contribution in [0.1, 0.15) is 29.7 Å². The number of para-hydroxylation sites is 1. The number of aromatic nitrogens is 1. The minimum Gasteiger partial charge on any atom is -0.497 e. The fraction of sp³-hybridized carbons (Fsp3) is 0.114. The zero-order valence-corrected chi connectivity index (χ0v) is 27.7. The minimum absolute atomic E-state index is 0.175. The predicted molar refractivity (Wildman–Crippen MR) is 184 cm³/mol. The maximum Gasteiger partial charge on any atom is 0.271 e. The lowest BCUT2D eigenvalue weighted by atomic mass is 9.95. The summed E-state index contributed by atoms with van der Waals surface area (Å²) >= 11 is 20.0. The van der Waals surface area contributed by atoms with Crippen molar-refractivity contribution in [3.63, 3.8) is 0 Å². The van der Waals surface area contributed by atoms with Crippen molar-refractivity contribution in [3.05, 3.63) is 154 Å². The average molecular weight is 691 g/mol. The maximum atomic E-state index is 14.2. The zero-order valence-electron chi connectivity index (χ0n) is 24.6. The highest BCUT2D eigenvalue weighted by Crippen LogP contribution is 2.33. The molecule has 232 valence electrons. The van der Waals surface area contributed by atoms with E-state index in [9.17, 15) is 9.59 Å². The molecular formula is C35H26Cl3N3O4S. The molecule has 1 amide bonds. The van der Waals surface area contributed by atoms with Crippen LogP contribution < -0.4 is 29.7 Å². The van der Waals surface area contributed by atoms with Gasteiger partial charge in [-0.25, -0.2) is 4.99 Å². The first-order valence-corrected chi connectivity index (χ1v) is 16.1. The van der Waals surface area contributed by atoms with Crippen molar-refractivity contribution in [1.29, 1.82) is 0 Å². The van der Waals surface area contributed by atoms with Crippen LogP contribution in [0.4, 0.5) is 5.69 Å². The van der Waals surface area contributed by atoms with Gasteiger partial charge in [-0.3, -0.25) is 14.2 Å². The van der Waals surface area contributed by atoms with Gasteiger partial charge in [-0.15, -0.1) is 0 Å². The van der Waals surface area contributed by atoms with E-state index >= 15 is 0 Å². The quantitative estimate of drug-likeness (QED) is 0.184. The summed E-state index contributed by atoms with van der Waals surface area (Å²) in [6.07, 6.45) is 1.72. The van der Waals surface area contributed by atoms with Gasteiger partial charge in [-0.2, -0.15) is 0 Å². The smallest absolute Gasteiger partial charge is 0.271 e. The van der Waals surface area contributed by atoms with E-state index in [-0.39, 0.29) is 18.1 Å². The van der Waals surface area contributed by atoms with Gasteiger partial charge in [-0.05, 0) is 73.2 Å². The average Bonchev–Trinajstić information content (AvgIpc) is 3.34. The second kappa shape index (κ2) is 13.6. The van der Waals surface area contributed by atoms with Crippen LogP contribution in [-0.4, -0.2) is 17.6 Å². The summed E-state index contributed by atoms with van der Waals surface area (Å²) in [7, 11) is 1.57. The SMILES string of the molecule is COc1cccc([C@H]2C(C(=O)Nc3ccccc3)=C(C)N=c3s/c(=C\c4cc(Cl)ccc4OCc4ccc(Cl)cc4Cl)c(=O)n32)c1. The van der Waals surface area contributed by atoms with Crippen LogP contribution in [0.15, 0.2) is 112 Å². The van der Waals surface area contributed by atoms with Crippen molar-refractivity contribution in [2.45, 2.75) is 19.6 Å². The first-order chi connectivity index (χ1) is 22.2. The number of nitrogens with one attached hydrogen (secondary N) is 1. The number of carbonyl (C=O) groups is 1. The van der Waals surface area contributed by atoms with E-state index in [1.807, 2.05) is 42.5 Å². The van der Waals surface area contributed by atoms with Crippen LogP contribution >= 0.6 is 46.1 Å². The van der Waals surface area contributed by atoms with E-state index < -0.39 is 6.04 Å². The Labute approximate surface area is 283 Å². The molecule has 46 heavy (non-hydrogen) atoms. The zero-order chi connectivity index (χ0) is 32.4. The number of carbonyl (C=O) groups excluding carboxylic acids is 1. The van der Waals surface area contributed by atoms with Crippen LogP contribution in [-0.2, 0) is 11.4 Å². The highest BCUT2D eigenvalue weighted by Gasteiger charge is 2.33. The Bertz CT molecular complexity index is 2180. The molecule has 5 aromatic rings. The van der Waals surface area contributed by atoms with Crippen LogP contribution in [0.5, 0.6) is 11.5 Å². The van der Waals surface area contributed by atoms with Crippen LogP contribution in [0.25, 0.3) is 6.08 Å². The van der Waals surface area contributed by atoms with E-state index in [0.717, 1.165) is 5.56 Å². The molecule has 4 aromatic carbocycles. The van der Waals surface area contributed by atoms with E-state index in [4.69, 9.17) is 49.3 Å². The molecule has 0 spiro atoms. The van der Waals surface area contributed by atoms with Crippen molar-refractivity contribution in [1.82, 2.24) is 4.57 Å². The second-order valence-electron chi connectivity index (χ2n) is 10.4. The number of fused-ring (bicyclic) bond motifs is 1. The Kier molecular flexibility index (Phi) is 9.33. The first kappa shape index (κ1) is 31.6. The van der Waals surface area contributed by atoms with Gasteiger partial charge in [0.15, 0.2) is 4.80 Å². The molecule has 1 aliphatic heterocycles. The van der Waals surface area contributed by atoms with Gasteiger partial charge in [0.1, 0.15) is 18.1 Å². The van der Waals surface area contributed by atoms with Gasteiger partial charge < -0.3 is 14.8 Å². The standard InChI is InChI=1S/C35H26Cl3N3O4S/c1-20-31(33(42)40-26-8-4-3-5-9-26)32(21-7-6-10-27(16-21)44-2)41-34(43)30(46-35(41)39-20)17-23-15-24(36)13-14-29(23)45-19-22-11-12-25(37)18-28(22)38/h3-18,32H,19H2,1-2H3,(H,40,42)/b30-17-/t32-/m0/s1. The summed E-state index contributed by atoms with van der Waals surface area (Å²) in [5.41, 5.74) is 3.21. The predicted octanol–water partition coefficient (Wildman–Crippen LogP) is 7.42. The minimum atomic E-state index is -0.764. The number of methoxy groups -OCH3 is 1. The Balaban J connectivity index is 1.45. The lowest BCUT2D eigenvalue weighted by Crippen LogP contribution is -2.40. The van der Waals surface area contributed by atoms with Gasteiger partial charge in [0.2, 0.25) is 0 Å². The largest absolute Gasteiger partial charge is 0.497 e. The first-order valence-electron chi connectivity index (χ1n) is 14.1. The van der Waals surface area contributed by atoms with Crippen molar-refractivity contribution < 1.29 is 14.3 Å². The van der Waals surface area contributed by atoms with E-state index in [2.05, 4.69) is 5.32 Å². The Morgan fingerprint density at radius 1 is 0.978 bits per heavy atom. The molecule has 1 aromatic heterocycles. The number of nitrogens with zero attached hydrogens (tertiary/aromatic N) is 2. The van der Waals surface area contributed by atoms with Gasteiger partial charge in [-0.1, -0.05) is 82.5 Å². The molecule has 0 saturated heterocycles.